The molecule has 0 unspecified atom stereocenters. The largest absolute Gasteiger partial charge is 0.481 e. The van der Waals surface area contributed by atoms with Crippen molar-refractivity contribution in [1.29, 1.82) is 0 Å². The minimum atomic E-state index is -1.41. The smallest absolute Gasteiger partial charge is 0.341 e. The van der Waals surface area contributed by atoms with E-state index in [0.29, 0.717) is 5.56 Å². The number of benzene rings is 1. The molecule has 1 atom stereocenters. The number of ether oxygens (including phenoxy) is 1. The Bertz CT molecular complexity index is 1230. The summed E-state index contributed by atoms with van der Waals surface area (Å²) in [4.78, 5) is 28.9. The zero-order chi connectivity index (χ0) is 23.6. The molecule has 170 valence electrons. The molecule has 0 fully saturated rings. The van der Waals surface area contributed by atoms with Gasteiger partial charge >= 0.3 is 5.97 Å². The lowest BCUT2D eigenvalue weighted by Gasteiger charge is -2.24. The Morgan fingerprint density at radius 2 is 2.00 bits per heavy atom. The van der Waals surface area contributed by atoms with Gasteiger partial charge in [0.1, 0.15) is 22.8 Å². The molecule has 32 heavy (non-hydrogen) atoms. The normalized spacial score (nSPS) is 12.2. The van der Waals surface area contributed by atoms with Crippen LogP contribution in [0.4, 0.5) is 14.5 Å². The number of nitrogens with zero attached hydrogens (tertiary/aromatic N) is 2. The Hall–Kier alpha value is -3.53. The number of hydrogen-bond donors (Lipinski definition) is 3. The van der Waals surface area contributed by atoms with Gasteiger partial charge in [-0.05, 0) is 24.1 Å². The summed E-state index contributed by atoms with van der Waals surface area (Å²) in [5.41, 5.74) is -0.660. The van der Waals surface area contributed by atoms with Crippen LogP contribution in [-0.4, -0.2) is 39.5 Å². The minimum absolute atomic E-state index is 0.0150. The number of aromatic nitrogens is 2. The van der Waals surface area contributed by atoms with E-state index in [4.69, 9.17) is 4.74 Å². The molecule has 3 rings (SSSR count). The summed E-state index contributed by atoms with van der Waals surface area (Å²) < 4.78 is 33.9. The van der Waals surface area contributed by atoms with E-state index in [1.165, 1.54) is 30.0 Å². The van der Waals surface area contributed by atoms with Crippen molar-refractivity contribution in [3.63, 3.8) is 0 Å². The van der Waals surface area contributed by atoms with Gasteiger partial charge in [-0.2, -0.15) is 4.98 Å². The second-order valence-electron chi connectivity index (χ2n) is 7.58. The number of carbonyl (C=O) groups is 1. The summed E-state index contributed by atoms with van der Waals surface area (Å²) >= 11 is 0. The van der Waals surface area contributed by atoms with Gasteiger partial charge in [0, 0.05) is 24.4 Å². The number of aromatic carboxylic acids is 1. The molecule has 0 spiro atoms. The standard InChI is InChI=1S/C22H23F2N3O5/c1-11(2)18(10-28)27-9-15(22(30)31)19(29)14-6-12(21(32-3)26-20(14)27)8-25-17-5-4-13(23)7-16(17)24/h4-7,9,11,18,25,28H,8,10H2,1-3H3,(H,30,31)/t18-/m1/s1. The van der Waals surface area contributed by atoms with Gasteiger partial charge < -0.3 is 24.8 Å². The Labute approximate surface area is 182 Å². The number of methoxy groups -OCH3 is 1. The molecule has 0 amide bonds. The maximum Gasteiger partial charge on any atom is 0.341 e. The van der Waals surface area contributed by atoms with E-state index in [2.05, 4.69) is 10.3 Å². The molecule has 10 heteroatoms. The zero-order valence-electron chi connectivity index (χ0n) is 17.7. The second kappa shape index (κ2) is 9.31. The van der Waals surface area contributed by atoms with Crippen LogP contribution in [0.5, 0.6) is 5.88 Å². The topological polar surface area (TPSA) is 114 Å². The van der Waals surface area contributed by atoms with Crippen LogP contribution in [0.2, 0.25) is 0 Å². The Morgan fingerprint density at radius 3 is 2.56 bits per heavy atom. The van der Waals surface area contributed by atoms with Crippen LogP contribution in [0, 0.1) is 17.6 Å². The van der Waals surface area contributed by atoms with E-state index in [1.54, 1.807) is 0 Å². The maximum atomic E-state index is 14.0. The van der Waals surface area contributed by atoms with Crippen molar-refractivity contribution < 1.29 is 28.5 Å². The molecule has 0 aliphatic carbocycles. The first kappa shape index (κ1) is 23.1. The van der Waals surface area contributed by atoms with Gasteiger partial charge in [0.2, 0.25) is 11.3 Å². The first-order valence-electron chi connectivity index (χ1n) is 9.83. The third-order valence-corrected chi connectivity index (χ3v) is 5.18. The van der Waals surface area contributed by atoms with Crippen molar-refractivity contribution >= 4 is 22.7 Å². The molecule has 0 saturated carbocycles. The molecule has 1 aromatic carbocycles. The molecular formula is C22H23F2N3O5. The van der Waals surface area contributed by atoms with Gasteiger partial charge in [0.15, 0.2) is 0 Å². The number of rotatable bonds is 8. The van der Waals surface area contributed by atoms with Crippen molar-refractivity contribution in [2.24, 2.45) is 5.92 Å². The summed E-state index contributed by atoms with van der Waals surface area (Å²) in [5.74, 6) is -2.89. The molecule has 2 aromatic heterocycles. The van der Waals surface area contributed by atoms with Gasteiger partial charge in [0.05, 0.1) is 30.8 Å². The lowest BCUT2D eigenvalue weighted by Crippen LogP contribution is -2.26. The van der Waals surface area contributed by atoms with E-state index in [-0.39, 0.29) is 41.7 Å². The number of pyridine rings is 2. The van der Waals surface area contributed by atoms with Crippen molar-refractivity contribution in [3.05, 3.63) is 63.4 Å². The number of carboxylic acid groups (broad SMARTS) is 1. The quantitative estimate of drug-likeness (QED) is 0.486. The van der Waals surface area contributed by atoms with Crippen LogP contribution in [0.3, 0.4) is 0 Å². The van der Waals surface area contributed by atoms with E-state index in [0.717, 1.165) is 12.1 Å². The highest BCUT2D eigenvalue weighted by Crippen LogP contribution is 2.27. The Morgan fingerprint density at radius 1 is 1.28 bits per heavy atom. The molecule has 3 N–H and O–H groups in total. The number of halogens is 2. The van der Waals surface area contributed by atoms with Crippen LogP contribution in [0.25, 0.3) is 11.0 Å². The number of anilines is 1. The maximum absolute atomic E-state index is 14.0. The highest BCUT2D eigenvalue weighted by atomic mass is 19.1. The number of nitrogens with one attached hydrogen (secondary N) is 1. The van der Waals surface area contributed by atoms with Gasteiger partial charge in [0.25, 0.3) is 0 Å². The fourth-order valence-corrected chi connectivity index (χ4v) is 3.45. The average Bonchev–Trinajstić information content (AvgIpc) is 2.74. The van der Waals surface area contributed by atoms with Crippen LogP contribution in [0.15, 0.2) is 35.3 Å². The number of aliphatic hydroxyl groups is 1. The van der Waals surface area contributed by atoms with E-state index in [1.807, 2.05) is 13.8 Å². The average molecular weight is 447 g/mol. The van der Waals surface area contributed by atoms with Crippen molar-refractivity contribution in [1.82, 2.24) is 9.55 Å². The molecule has 0 aliphatic rings. The van der Waals surface area contributed by atoms with Gasteiger partial charge in [-0.15, -0.1) is 0 Å². The first-order chi connectivity index (χ1) is 15.2. The van der Waals surface area contributed by atoms with Crippen molar-refractivity contribution in [2.45, 2.75) is 26.4 Å². The van der Waals surface area contributed by atoms with E-state index in [9.17, 15) is 28.6 Å². The second-order valence-corrected chi connectivity index (χ2v) is 7.58. The molecule has 3 aromatic rings. The third-order valence-electron chi connectivity index (χ3n) is 5.18. The Balaban J connectivity index is 2.18. The summed E-state index contributed by atoms with van der Waals surface area (Å²) in [7, 11) is 1.37. The lowest BCUT2D eigenvalue weighted by atomic mass is 10.0. The summed E-state index contributed by atoms with van der Waals surface area (Å²) in [5, 5.41) is 22.2. The molecule has 0 aliphatic heterocycles. The first-order valence-corrected chi connectivity index (χ1v) is 9.83. The number of hydrogen-bond acceptors (Lipinski definition) is 6. The molecule has 2 heterocycles. The van der Waals surface area contributed by atoms with Crippen molar-refractivity contribution in [3.8, 4) is 5.88 Å². The van der Waals surface area contributed by atoms with Crippen LogP contribution in [0.1, 0.15) is 35.8 Å². The summed E-state index contributed by atoms with van der Waals surface area (Å²) in [6, 6.07) is 3.95. The molecule has 0 radical (unpaired) electrons. The van der Waals surface area contributed by atoms with Crippen LogP contribution < -0.4 is 15.5 Å². The number of fused-ring (bicyclic) bond motifs is 1. The highest BCUT2D eigenvalue weighted by Gasteiger charge is 2.23. The number of aliphatic hydroxyl groups excluding tert-OH is 1. The SMILES string of the molecule is COc1nc2c(cc1CNc1ccc(F)cc1F)c(=O)c(C(=O)O)cn2[C@H](CO)C(C)C. The predicted octanol–water partition coefficient (Wildman–Crippen LogP) is 3.18. The molecular weight excluding hydrogens is 424 g/mol. The van der Waals surface area contributed by atoms with Crippen molar-refractivity contribution in [2.75, 3.05) is 19.0 Å². The number of carboxylic acids is 1. The summed E-state index contributed by atoms with van der Waals surface area (Å²) in [6.45, 7) is 3.36. The fraction of sp³-hybridized carbons (Fsp3) is 0.318. The highest BCUT2D eigenvalue weighted by molar-refractivity contribution is 5.92. The molecule has 8 nitrogen and oxygen atoms in total. The van der Waals surface area contributed by atoms with Crippen LogP contribution in [-0.2, 0) is 6.54 Å². The fourth-order valence-electron chi connectivity index (χ4n) is 3.45. The van der Waals surface area contributed by atoms with Gasteiger partial charge in [-0.3, -0.25) is 4.79 Å². The van der Waals surface area contributed by atoms with Gasteiger partial charge in [-0.25, -0.2) is 13.6 Å². The monoisotopic (exact) mass is 447 g/mol. The van der Waals surface area contributed by atoms with Crippen LogP contribution >= 0.6 is 0 Å². The van der Waals surface area contributed by atoms with E-state index >= 15 is 0 Å². The van der Waals surface area contributed by atoms with E-state index < -0.39 is 34.6 Å². The minimum Gasteiger partial charge on any atom is -0.481 e. The lowest BCUT2D eigenvalue weighted by molar-refractivity contribution is 0.0694. The molecule has 0 bridgehead atoms. The Kier molecular flexibility index (Phi) is 6.73. The summed E-state index contributed by atoms with van der Waals surface area (Å²) in [6.07, 6.45) is 1.17. The zero-order valence-corrected chi connectivity index (χ0v) is 17.7. The third kappa shape index (κ3) is 4.40. The molecule has 0 saturated heterocycles. The van der Waals surface area contributed by atoms with Gasteiger partial charge in [-0.1, -0.05) is 13.8 Å². The predicted molar refractivity (Wildman–Crippen MR) is 114 cm³/mol.